The van der Waals surface area contributed by atoms with Gasteiger partial charge in [0.2, 0.25) is 5.88 Å². The van der Waals surface area contributed by atoms with Crippen molar-refractivity contribution in [3.05, 3.63) is 82.9 Å². The number of hydrogen-bond acceptors (Lipinski definition) is 5. The first kappa shape index (κ1) is 19.7. The van der Waals surface area contributed by atoms with E-state index in [2.05, 4.69) is 10.1 Å². The number of hydrogen-bond donors (Lipinski definition) is 0. The van der Waals surface area contributed by atoms with Gasteiger partial charge in [0.1, 0.15) is 23.6 Å². The second-order valence-electron chi connectivity index (χ2n) is 7.67. The molecule has 8 heteroatoms. The number of rotatable bonds is 5. The highest BCUT2D eigenvalue weighted by atomic mass is 19.1. The first-order valence-electron chi connectivity index (χ1n) is 10.1. The summed E-state index contributed by atoms with van der Waals surface area (Å²) in [4.78, 5) is 16.8. The van der Waals surface area contributed by atoms with Gasteiger partial charge in [-0.2, -0.15) is 10.4 Å². The molecule has 1 saturated carbocycles. The molecule has 3 aromatic heterocycles. The molecule has 4 aromatic rings. The summed E-state index contributed by atoms with van der Waals surface area (Å²) in [7, 11) is 1.67. The Balaban J connectivity index is 1.58. The van der Waals surface area contributed by atoms with Gasteiger partial charge >= 0.3 is 0 Å². The predicted octanol–water partition coefficient (Wildman–Crippen LogP) is 3.85. The molecule has 1 fully saturated rings. The summed E-state index contributed by atoms with van der Waals surface area (Å²) in [6.07, 6.45) is 9.08. The second kappa shape index (κ2) is 7.78. The molecule has 0 spiro atoms. The maximum atomic E-state index is 14.0. The average molecular weight is 427 g/mol. The fourth-order valence-electron chi connectivity index (χ4n) is 3.47. The molecule has 0 saturated heterocycles. The van der Waals surface area contributed by atoms with Crippen LogP contribution in [-0.2, 0) is 7.05 Å². The van der Waals surface area contributed by atoms with E-state index in [9.17, 15) is 14.4 Å². The quantitative estimate of drug-likeness (QED) is 0.483. The van der Waals surface area contributed by atoms with E-state index in [4.69, 9.17) is 4.74 Å². The summed E-state index contributed by atoms with van der Waals surface area (Å²) >= 11 is 0. The lowest BCUT2D eigenvalue weighted by Gasteiger charge is -2.11. The van der Waals surface area contributed by atoms with Crippen LogP contribution in [0.5, 0.6) is 5.88 Å². The number of aryl methyl sites for hydroxylation is 1. The maximum absolute atomic E-state index is 14.0. The summed E-state index contributed by atoms with van der Waals surface area (Å²) in [6, 6.07) is 11.5. The molecular weight excluding hydrogens is 409 g/mol. The summed E-state index contributed by atoms with van der Waals surface area (Å²) in [6.45, 7) is 0. The van der Waals surface area contributed by atoms with Gasteiger partial charge in [-0.3, -0.25) is 4.79 Å². The molecule has 3 heterocycles. The smallest absolute Gasteiger partial charge is 0.250 e. The lowest BCUT2D eigenvalue weighted by Crippen LogP contribution is -2.15. The van der Waals surface area contributed by atoms with Crippen LogP contribution in [0, 0.1) is 17.1 Å². The van der Waals surface area contributed by atoms with Crippen LogP contribution in [0.3, 0.4) is 0 Å². The van der Waals surface area contributed by atoms with E-state index in [1.165, 1.54) is 21.4 Å². The Labute approximate surface area is 183 Å². The number of nitrogens with zero attached hydrogens (tertiary/aromatic N) is 5. The van der Waals surface area contributed by atoms with Crippen molar-refractivity contribution in [3.8, 4) is 39.9 Å². The molecule has 5 rings (SSSR count). The fourth-order valence-corrected chi connectivity index (χ4v) is 3.47. The van der Waals surface area contributed by atoms with Crippen molar-refractivity contribution < 1.29 is 9.13 Å². The Hall–Kier alpha value is -4.25. The summed E-state index contributed by atoms with van der Waals surface area (Å²) in [5, 5.41) is 13.7. The highest BCUT2D eigenvalue weighted by Crippen LogP contribution is 2.32. The van der Waals surface area contributed by atoms with E-state index >= 15 is 0 Å². The average Bonchev–Trinajstić information content (AvgIpc) is 3.47. The summed E-state index contributed by atoms with van der Waals surface area (Å²) in [5.41, 5.74) is 3.01. The van der Waals surface area contributed by atoms with Gasteiger partial charge in [-0.05, 0) is 36.6 Å². The van der Waals surface area contributed by atoms with Crippen LogP contribution in [0.25, 0.3) is 27.9 Å². The van der Waals surface area contributed by atoms with E-state index < -0.39 is 5.82 Å². The van der Waals surface area contributed by atoms with Crippen LogP contribution in [-0.4, -0.2) is 25.4 Å². The van der Waals surface area contributed by atoms with Gasteiger partial charge in [0.15, 0.2) is 0 Å². The molecule has 7 nitrogen and oxygen atoms in total. The number of nitriles is 1. The van der Waals surface area contributed by atoms with Crippen molar-refractivity contribution in [1.82, 2.24) is 19.3 Å². The van der Waals surface area contributed by atoms with Crippen LogP contribution >= 0.6 is 0 Å². The Morgan fingerprint density at radius 2 is 1.97 bits per heavy atom. The Morgan fingerprint density at radius 1 is 1.12 bits per heavy atom. The number of aromatic nitrogens is 4. The molecular formula is C24H18FN5O2. The molecule has 158 valence electrons. The van der Waals surface area contributed by atoms with Crippen LogP contribution in [0.1, 0.15) is 18.4 Å². The van der Waals surface area contributed by atoms with E-state index in [0.717, 1.165) is 24.0 Å². The van der Waals surface area contributed by atoms with Gasteiger partial charge in [0.05, 0.1) is 11.9 Å². The Morgan fingerprint density at radius 3 is 2.69 bits per heavy atom. The van der Waals surface area contributed by atoms with Crippen LogP contribution in [0.4, 0.5) is 4.39 Å². The van der Waals surface area contributed by atoms with Gasteiger partial charge in [0.25, 0.3) is 5.56 Å². The van der Waals surface area contributed by atoms with Crippen molar-refractivity contribution in [1.29, 1.82) is 5.26 Å². The van der Waals surface area contributed by atoms with Crippen LogP contribution < -0.4 is 10.3 Å². The third-order valence-corrected chi connectivity index (χ3v) is 5.33. The van der Waals surface area contributed by atoms with Crippen LogP contribution in [0.15, 0.2) is 66.0 Å². The van der Waals surface area contributed by atoms with Gasteiger partial charge < -0.3 is 9.30 Å². The monoisotopic (exact) mass is 427 g/mol. The molecule has 0 amide bonds. The molecule has 0 N–H and O–H groups in total. The minimum atomic E-state index is -0.607. The zero-order chi connectivity index (χ0) is 22.2. The Kier molecular flexibility index (Phi) is 4.79. The molecule has 32 heavy (non-hydrogen) atoms. The van der Waals surface area contributed by atoms with E-state index in [1.54, 1.807) is 50.0 Å². The minimum Gasteiger partial charge on any atom is -0.474 e. The number of ether oxygens (including phenoxy) is 1. The molecule has 1 aromatic carbocycles. The van der Waals surface area contributed by atoms with Crippen molar-refractivity contribution >= 4 is 0 Å². The van der Waals surface area contributed by atoms with Crippen molar-refractivity contribution in [2.75, 3.05) is 0 Å². The highest BCUT2D eigenvalue weighted by Gasteiger charge is 2.24. The third kappa shape index (κ3) is 3.65. The molecule has 0 unspecified atom stereocenters. The zero-order valence-corrected chi connectivity index (χ0v) is 17.2. The number of pyridine rings is 2. The second-order valence-corrected chi connectivity index (χ2v) is 7.67. The van der Waals surface area contributed by atoms with Crippen LogP contribution in [0.2, 0.25) is 0 Å². The van der Waals surface area contributed by atoms with Gasteiger partial charge in [-0.15, -0.1) is 0 Å². The standard InChI is InChI=1S/C24H18FN5O2/c1-29-14-20(16-12-28-30(13-16)22-4-2-3-21(25)19(22)10-26)18(9-24(29)31)15-5-8-23(27-11-15)32-17-6-7-17/h2-5,8-9,11-14,17H,6-7H2,1H3. The summed E-state index contributed by atoms with van der Waals surface area (Å²) < 4.78 is 22.7. The molecule has 0 radical (unpaired) electrons. The molecule has 0 bridgehead atoms. The fraction of sp³-hybridized carbons (Fsp3) is 0.167. The molecule has 0 atom stereocenters. The van der Waals surface area contributed by atoms with Gasteiger partial charge in [0, 0.05) is 54.5 Å². The normalized spacial score (nSPS) is 13.0. The first-order chi connectivity index (χ1) is 15.5. The first-order valence-corrected chi connectivity index (χ1v) is 10.1. The molecule has 1 aliphatic carbocycles. The van der Waals surface area contributed by atoms with Crippen molar-refractivity contribution in [2.45, 2.75) is 18.9 Å². The van der Waals surface area contributed by atoms with Crippen molar-refractivity contribution in [3.63, 3.8) is 0 Å². The SMILES string of the molecule is Cn1cc(-c2cnn(-c3cccc(F)c3C#N)c2)c(-c2ccc(OC3CC3)nc2)cc1=O. The summed E-state index contributed by atoms with van der Waals surface area (Å²) in [5.74, 6) is -0.0472. The lowest BCUT2D eigenvalue weighted by atomic mass is 9.99. The van der Waals surface area contributed by atoms with E-state index in [0.29, 0.717) is 22.7 Å². The number of halogens is 1. The number of benzene rings is 1. The predicted molar refractivity (Wildman–Crippen MR) is 116 cm³/mol. The van der Waals surface area contributed by atoms with Gasteiger partial charge in [-0.1, -0.05) is 6.07 Å². The van der Waals surface area contributed by atoms with E-state index in [-0.39, 0.29) is 17.2 Å². The molecule has 1 aliphatic rings. The zero-order valence-electron chi connectivity index (χ0n) is 17.2. The molecule has 0 aliphatic heterocycles. The van der Waals surface area contributed by atoms with Crippen molar-refractivity contribution in [2.24, 2.45) is 7.05 Å². The Bertz CT molecular complexity index is 1410. The van der Waals surface area contributed by atoms with E-state index in [1.807, 2.05) is 12.1 Å². The van der Waals surface area contributed by atoms with Gasteiger partial charge in [-0.25, -0.2) is 14.1 Å². The lowest BCUT2D eigenvalue weighted by molar-refractivity contribution is 0.291. The maximum Gasteiger partial charge on any atom is 0.250 e. The highest BCUT2D eigenvalue weighted by molar-refractivity contribution is 5.82. The third-order valence-electron chi connectivity index (χ3n) is 5.33. The largest absolute Gasteiger partial charge is 0.474 e. The topological polar surface area (TPSA) is 85.7 Å². The minimum absolute atomic E-state index is 0.0849.